The number of fused-ring (bicyclic) bond motifs is 3. The van der Waals surface area contributed by atoms with E-state index >= 15 is 0 Å². The summed E-state index contributed by atoms with van der Waals surface area (Å²) in [5, 5.41) is 3.61. The topological polar surface area (TPSA) is 29.3 Å². The maximum atomic E-state index is 4.76. The van der Waals surface area contributed by atoms with Crippen molar-refractivity contribution in [3.63, 3.8) is 0 Å². The van der Waals surface area contributed by atoms with Gasteiger partial charge in [0.15, 0.2) is 0 Å². The van der Waals surface area contributed by atoms with Crippen molar-refractivity contribution in [2.75, 3.05) is 6.54 Å². The highest BCUT2D eigenvalue weighted by Gasteiger charge is 2.26. The Kier molecular flexibility index (Phi) is 2.86. The van der Waals surface area contributed by atoms with Crippen LogP contribution in [0.4, 0.5) is 0 Å². The van der Waals surface area contributed by atoms with Gasteiger partial charge in [0.2, 0.25) is 0 Å². The summed E-state index contributed by atoms with van der Waals surface area (Å²) in [6.07, 6.45) is 3.09. The van der Waals surface area contributed by atoms with E-state index in [0.717, 1.165) is 23.1 Å². The number of aromatic nitrogens is 2. The second kappa shape index (κ2) is 4.72. The largest absolute Gasteiger partial charge is 0.305 e. The molecule has 1 aliphatic rings. The molecule has 3 heterocycles. The zero-order chi connectivity index (χ0) is 13.5. The number of rotatable bonds is 1. The molecule has 1 N–H and O–H groups in total. The predicted octanol–water partition coefficient (Wildman–Crippen LogP) is 3.33. The van der Waals surface area contributed by atoms with Gasteiger partial charge in [0.05, 0.1) is 17.4 Å². The lowest BCUT2D eigenvalue weighted by atomic mass is 9.98. The lowest BCUT2D eigenvalue weighted by Crippen LogP contribution is -2.31. The third-order valence-corrected chi connectivity index (χ3v) is 4.36. The molecule has 1 aliphatic heterocycles. The fourth-order valence-electron chi connectivity index (χ4n) is 2.92. The van der Waals surface area contributed by atoms with Crippen molar-refractivity contribution >= 4 is 21.6 Å². The molecule has 1 atom stereocenters. The molecule has 0 saturated heterocycles. The van der Waals surface area contributed by atoms with Gasteiger partial charge < -0.3 is 9.72 Å². The van der Waals surface area contributed by atoms with Gasteiger partial charge >= 0.3 is 0 Å². The summed E-state index contributed by atoms with van der Waals surface area (Å²) in [4.78, 5) is 4.76. The lowest BCUT2D eigenvalue weighted by Gasteiger charge is -2.24. The normalized spacial score (nSPS) is 18.1. The average Bonchev–Trinajstić information content (AvgIpc) is 2.86. The van der Waals surface area contributed by atoms with Crippen molar-refractivity contribution < 1.29 is 0 Å². The van der Waals surface area contributed by atoms with Gasteiger partial charge in [0.1, 0.15) is 5.65 Å². The molecule has 0 fully saturated rings. The Hall–Kier alpha value is -1.65. The van der Waals surface area contributed by atoms with Crippen LogP contribution in [0.3, 0.4) is 0 Å². The molecule has 100 valence electrons. The monoisotopic (exact) mass is 327 g/mol. The highest BCUT2D eigenvalue weighted by molar-refractivity contribution is 9.10. The van der Waals surface area contributed by atoms with Gasteiger partial charge in [-0.15, -0.1) is 0 Å². The molecule has 0 radical (unpaired) electrons. The summed E-state index contributed by atoms with van der Waals surface area (Å²) in [5.74, 6) is 0. The number of pyridine rings is 1. The summed E-state index contributed by atoms with van der Waals surface area (Å²) in [6, 6.07) is 14.9. The van der Waals surface area contributed by atoms with Crippen LogP contribution in [0.15, 0.2) is 53.1 Å². The van der Waals surface area contributed by atoms with Gasteiger partial charge in [0, 0.05) is 23.6 Å². The van der Waals surface area contributed by atoms with Gasteiger partial charge in [-0.3, -0.25) is 0 Å². The van der Waals surface area contributed by atoms with E-state index in [9.17, 15) is 0 Å². The van der Waals surface area contributed by atoms with Crippen LogP contribution in [-0.2, 0) is 6.42 Å². The maximum Gasteiger partial charge on any atom is 0.137 e. The molecule has 0 aliphatic carbocycles. The Morgan fingerprint density at radius 3 is 2.85 bits per heavy atom. The second-order valence-corrected chi connectivity index (χ2v) is 5.98. The highest BCUT2D eigenvalue weighted by atomic mass is 79.9. The number of hydrogen-bond donors (Lipinski definition) is 1. The first kappa shape index (κ1) is 12.1. The van der Waals surface area contributed by atoms with Crippen molar-refractivity contribution in [3.05, 3.63) is 70.1 Å². The number of nitrogens with one attached hydrogen (secondary N) is 1. The fraction of sp³-hybridized carbons (Fsp3) is 0.188. The standard InChI is InChI=1S/C16H14BrN3/c17-12-6-4-11(5-7-12)15-16-13(8-9-18-15)19-14-3-1-2-10-20(14)16/h1-7,10,15,18H,8-9H2. The molecule has 0 saturated carbocycles. The summed E-state index contributed by atoms with van der Waals surface area (Å²) in [7, 11) is 0. The number of nitrogens with zero attached hydrogens (tertiary/aromatic N) is 2. The number of hydrogen-bond acceptors (Lipinski definition) is 2. The minimum absolute atomic E-state index is 0.212. The zero-order valence-electron chi connectivity index (χ0n) is 10.9. The summed E-state index contributed by atoms with van der Waals surface area (Å²) in [6.45, 7) is 0.970. The molecule has 0 bridgehead atoms. The van der Waals surface area contributed by atoms with Crippen LogP contribution >= 0.6 is 15.9 Å². The molecular formula is C16H14BrN3. The minimum atomic E-state index is 0.212. The molecule has 4 heteroatoms. The molecule has 0 spiro atoms. The van der Waals surface area contributed by atoms with Crippen LogP contribution in [0.25, 0.3) is 5.65 Å². The summed E-state index contributed by atoms with van der Waals surface area (Å²) in [5.41, 5.74) is 4.79. The quantitative estimate of drug-likeness (QED) is 0.742. The van der Waals surface area contributed by atoms with Crippen molar-refractivity contribution in [2.45, 2.75) is 12.5 Å². The van der Waals surface area contributed by atoms with E-state index < -0.39 is 0 Å². The first-order valence-electron chi connectivity index (χ1n) is 6.77. The number of benzene rings is 1. The van der Waals surface area contributed by atoms with Crippen LogP contribution in [-0.4, -0.2) is 15.9 Å². The van der Waals surface area contributed by atoms with Gasteiger partial charge in [-0.1, -0.05) is 34.1 Å². The molecule has 1 unspecified atom stereocenters. The van der Waals surface area contributed by atoms with Crippen LogP contribution in [0.5, 0.6) is 0 Å². The Bertz CT molecular complexity index is 761. The van der Waals surface area contributed by atoms with Crippen LogP contribution < -0.4 is 5.32 Å². The van der Waals surface area contributed by atoms with E-state index in [1.807, 2.05) is 6.07 Å². The molecule has 20 heavy (non-hydrogen) atoms. The summed E-state index contributed by atoms with van der Waals surface area (Å²) < 4.78 is 3.31. The van der Waals surface area contributed by atoms with Gasteiger partial charge in [-0.2, -0.15) is 0 Å². The van der Waals surface area contributed by atoms with Crippen molar-refractivity contribution in [1.82, 2.24) is 14.7 Å². The Balaban J connectivity index is 1.90. The first-order chi connectivity index (χ1) is 9.83. The third-order valence-electron chi connectivity index (χ3n) is 3.83. The molecule has 0 amide bonds. The average molecular weight is 328 g/mol. The Morgan fingerprint density at radius 1 is 1.15 bits per heavy atom. The van der Waals surface area contributed by atoms with Crippen LogP contribution in [0, 0.1) is 0 Å². The van der Waals surface area contributed by atoms with E-state index in [0.29, 0.717) is 0 Å². The van der Waals surface area contributed by atoms with Crippen LogP contribution in [0.2, 0.25) is 0 Å². The predicted molar refractivity (Wildman–Crippen MR) is 82.9 cm³/mol. The molecule has 3 aromatic rings. The molecule has 1 aromatic carbocycles. The van der Waals surface area contributed by atoms with Gasteiger partial charge in [-0.05, 0) is 29.8 Å². The molecule has 2 aromatic heterocycles. The minimum Gasteiger partial charge on any atom is -0.305 e. The smallest absolute Gasteiger partial charge is 0.137 e. The zero-order valence-corrected chi connectivity index (χ0v) is 12.5. The maximum absolute atomic E-state index is 4.76. The summed E-state index contributed by atoms with van der Waals surface area (Å²) >= 11 is 3.50. The molecular weight excluding hydrogens is 314 g/mol. The van der Waals surface area contributed by atoms with E-state index in [4.69, 9.17) is 4.98 Å². The number of halogens is 1. The third kappa shape index (κ3) is 1.87. The lowest BCUT2D eigenvalue weighted by molar-refractivity contribution is 0.547. The highest BCUT2D eigenvalue weighted by Crippen LogP contribution is 2.30. The first-order valence-corrected chi connectivity index (χ1v) is 7.57. The Morgan fingerprint density at radius 2 is 2.00 bits per heavy atom. The van der Waals surface area contributed by atoms with Gasteiger partial charge in [0.25, 0.3) is 0 Å². The van der Waals surface area contributed by atoms with E-state index in [2.05, 4.69) is 68.2 Å². The Labute approximate surface area is 125 Å². The van der Waals surface area contributed by atoms with Crippen molar-refractivity contribution in [1.29, 1.82) is 0 Å². The SMILES string of the molecule is Brc1ccc(C2NCCc3nc4ccccn4c32)cc1. The number of imidazole rings is 1. The van der Waals surface area contributed by atoms with Crippen molar-refractivity contribution in [3.8, 4) is 0 Å². The second-order valence-electron chi connectivity index (χ2n) is 5.06. The van der Waals surface area contributed by atoms with Crippen LogP contribution in [0.1, 0.15) is 23.0 Å². The van der Waals surface area contributed by atoms with Crippen molar-refractivity contribution in [2.24, 2.45) is 0 Å². The fourth-order valence-corrected chi connectivity index (χ4v) is 3.18. The van der Waals surface area contributed by atoms with E-state index in [1.165, 1.54) is 17.0 Å². The van der Waals surface area contributed by atoms with E-state index in [-0.39, 0.29) is 6.04 Å². The van der Waals surface area contributed by atoms with Gasteiger partial charge in [-0.25, -0.2) is 4.98 Å². The van der Waals surface area contributed by atoms with E-state index in [1.54, 1.807) is 0 Å². The molecule has 4 rings (SSSR count). The molecule has 3 nitrogen and oxygen atoms in total.